The molecule has 1 aliphatic carbocycles. The van der Waals surface area contributed by atoms with E-state index < -0.39 is 11.0 Å². The minimum absolute atomic E-state index is 0.00159. The van der Waals surface area contributed by atoms with Crippen LogP contribution in [0.15, 0.2) is 60.1 Å². The number of nitrogens with zero attached hydrogens (tertiary/aromatic N) is 5. The van der Waals surface area contributed by atoms with E-state index >= 15 is 0 Å². The van der Waals surface area contributed by atoms with E-state index in [0.29, 0.717) is 23.8 Å². The third kappa shape index (κ3) is 2.87. The number of ketones is 1. The number of hydrogen-bond acceptors (Lipinski definition) is 7. The summed E-state index contributed by atoms with van der Waals surface area (Å²) < 4.78 is 1.69. The van der Waals surface area contributed by atoms with Gasteiger partial charge in [0.2, 0.25) is 5.95 Å². The van der Waals surface area contributed by atoms with Gasteiger partial charge < -0.3 is 5.32 Å². The lowest BCUT2D eigenvalue weighted by molar-refractivity contribution is -0.384. The summed E-state index contributed by atoms with van der Waals surface area (Å²) in [6.07, 6.45) is 5.36. The van der Waals surface area contributed by atoms with Crippen LogP contribution in [0.25, 0.3) is 11.4 Å². The Kier molecular flexibility index (Phi) is 3.94. The summed E-state index contributed by atoms with van der Waals surface area (Å²) in [6, 6.07) is 9.45. The molecule has 0 fully saturated rings. The van der Waals surface area contributed by atoms with Crippen LogP contribution in [-0.2, 0) is 4.79 Å². The average Bonchev–Trinajstić information content (AvgIpc) is 3.17. The number of allylic oxidation sites excluding steroid dienone is 2. The average molecular weight is 388 g/mol. The summed E-state index contributed by atoms with van der Waals surface area (Å²) in [4.78, 5) is 32.1. The Bertz CT molecular complexity index is 1150. The van der Waals surface area contributed by atoms with Gasteiger partial charge in [-0.2, -0.15) is 4.98 Å². The molecule has 1 aromatic carbocycles. The molecule has 0 spiro atoms. The predicted molar refractivity (Wildman–Crippen MR) is 104 cm³/mol. The summed E-state index contributed by atoms with van der Waals surface area (Å²) in [5.41, 5.74) is 3.02. The number of non-ortho nitro benzene ring substituents is 1. The first-order valence-electron chi connectivity index (χ1n) is 9.26. The summed E-state index contributed by atoms with van der Waals surface area (Å²) in [5.74, 6) is 1.10. The standard InChI is InChI=1S/C20H16N6O3/c27-16-5-1-4-15-17(16)18(12-6-8-14(9-7-12)26(28)29)25-20(22-15)23-19(24-25)13-3-2-10-21-11-13/h2-3,6-11,18H,1,4-5H2,(H,22,23,24). The van der Waals surface area contributed by atoms with Crippen LogP contribution in [0, 0.1) is 10.1 Å². The maximum absolute atomic E-state index is 12.8. The number of rotatable bonds is 3. The number of carbonyl (C=O) groups is 1. The molecule has 1 N–H and O–H groups in total. The number of anilines is 1. The molecular formula is C20H16N6O3. The Hall–Kier alpha value is -3.88. The lowest BCUT2D eigenvalue weighted by atomic mass is 9.85. The first-order valence-corrected chi connectivity index (χ1v) is 9.26. The van der Waals surface area contributed by atoms with E-state index in [1.165, 1.54) is 12.1 Å². The van der Waals surface area contributed by atoms with Crippen LogP contribution in [0.2, 0.25) is 0 Å². The molecule has 9 nitrogen and oxygen atoms in total. The second-order valence-electron chi connectivity index (χ2n) is 6.99. The normalized spacial score (nSPS) is 18.1. The highest BCUT2D eigenvalue weighted by Crippen LogP contribution is 2.40. The number of nitro groups is 1. The number of hydrogen-bond donors (Lipinski definition) is 1. The van der Waals surface area contributed by atoms with E-state index in [2.05, 4.69) is 20.4 Å². The highest BCUT2D eigenvalue weighted by Gasteiger charge is 2.37. The van der Waals surface area contributed by atoms with Gasteiger partial charge in [-0.05, 0) is 42.7 Å². The first-order chi connectivity index (χ1) is 14.1. The van der Waals surface area contributed by atoms with Crippen molar-refractivity contribution in [1.29, 1.82) is 0 Å². The second kappa shape index (κ2) is 6.62. The van der Waals surface area contributed by atoms with Crippen molar-refractivity contribution < 1.29 is 9.72 Å². The lowest BCUT2D eigenvalue weighted by Gasteiger charge is -2.32. The SMILES string of the molecule is O=C1CCCC2=C1C(c1ccc([N+](=O)[O-])cc1)n1nc(-c3cccnc3)nc1N2. The van der Waals surface area contributed by atoms with Crippen molar-refractivity contribution in [1.82, 2.24) is 19.7 Å². The summed E-state index contributed by atoms with van der Waals surface area (Å²) >= 11 is 0. The molecule has 0 bridgehead atoms. The van der Waals surface area contributed by atoms with Gasteiger partial charge in [0.25, 0.3) is 5.69 Å². The number of carbonyl (C=O) groups excluding carboxylic acids is 1. The maximum atomic E-state index is 12.8. The zero-order valence-electron chi connectivity index (χ0n) is 15.3. The van der Waals surface area contributed by atoms with Crippen LogP contribution in [0.3, 0.4) is 0 Å². The zero-order valence-corrected chi connectivity index (χ0v) is 15.3. The zero-order chi connectivity index (χ0) is 20.0. The van der Waals surface area contributed by atoms with Gasteiger partial charge in [0.1, 0.15) is 6.04 Å². The van der Waals surface area contributed by atoms with Crippen molar-refractivity contribution in [2.45, 2.75) is 25.3 Å². The number of nitro benzene ring substituents is 1. The van der Waals surface area contributed by atoms with Crippen molar-refractivity contribution in [2.24, 2.45) is 0 Å². The fourth-order valence-corrected chi connectivity index (χ4v) is 3.86. The molecule has 2 aliphatic rings. The molecule has 0 amide bonds. The fraction of sp³-hybridized carbons (Fsp3) is 0.200. The molecule has 1 aliphatic heterocycles. The molecule has 2 aromatic heterocycles. The van der Waals surface area contributed by atoms with E-state index in [9.17, 15) is 14.9 Å². The summed E-state index contributed by atoms with van der Waals surface area (Å²) in [5, 5.41) is 18.9. The molecule has 5 rings (SSSR count). The monoisotopic (exact) mass is 388 g/mol. The van der Waals surface area contributed by atoms with E-state index in [1.54, 1.807) is 29.2 Å². The van der Waals surface area contributed by atoms with Gasteiger partial charge in [0.15, 0.2) is 11.6 Å². The van der Waals surface area contributed by atoms with E-state index in [4.69, 9.17) is 0 Å². The highest BCUT2D eigenvalue weighted by molar-refractivity contribution is 5.99. The van der Waals surface area contributed by atoms with Crippen LogP contribution in [-0.4, -0.2) is 30.5 Å². The van der Waals surface area contributed by atoms with Gasteiger partial charge in [0.05, 0.1) is 4.92 Å². The first kappa shape index (κ1) is 17.2. The molecule has 9 heteroatoms. The van der Waals surface area contributed by atoms with E-state index in [-0.39, 0.29) is 11.5 Å². The largest absolute Gasteiger partial charge is 0.328 e. The van der Waals surface area contributed by atoms with Gasteiger partial charge in [-0.15, -0.1) is 5.10 Å². The lowest BCUT2D eigenvalue weighted by Crippen LogP contribution is -2.31. The van der Waals surface area contributed by atoms with Crippen LogP contribution in [0.5, 0.6) is 0 Å². The Morgan fingerprint density at radius 1 is 1.17 bits per heavy atom. The van der Waals surface area contributed by atoms with Gasteiger partial charge in [-0.1, -0.05) is 0 Å². The smallest absolute Gasteiger partial charge is 0.269 e. The van der Waals surface area contributed by atoms with Crippen molar-refractivity contribution in [2.75, 3.05) is 5.32 Å². The molecule has 29 heavy (non-hydrogen) atoms. The maximum Gasteiger partial charge on any atom is 0.269 e. The van der Waals surface area contributed by atoms with Crippen LogP contribution >= 0.6 is 0 Å². The van der Waals surface area contributed by atoms with E-state index in [0.717, 1.165) is 29.7 Å². The van der Waals surface area contributed by atoms with Crippen molar-refractivity contribution in [3.63, 3.8) is 0 Å². The molecule has 3 heterocycles. The Labute approximate surface area is 165 Å². The Balaban J connectivity index is 1.66. The van der Waals surface area contributed by atoms with Crippen LogP contribution < -0.4 is 5.32 Å². The van der Waals surface area contributed by atoms with Crippen LogP contribution in [0.1, 0.15) is 30.9 Å². The number of benzene rings is 1. The summed E-state index contributed by atoms with van der Waals surface area (Å²) in [7, 11) is 0. The van der Waals surface area contributed by atoms with Gasteiger partial charge >= 0.3 is 0 Å². The molecule has 3 aromatic rings. The quantitative estimate of drug-likeness (QED) is 0.541. The third-order valence-electron chi connectivity index (χ3n) is 5.21. The molecular weight excluding hydrogens is 372 g/mol. The van der Waals surface area contributed by atoms with Crippen LogP contribution in [0.4, 0.5) is 11.6 Å². The van der Waals surface area contributed by atoms with Gasteiger partial charge in [-0.3, -0.25) is 19.9 Å². The van der Waals surface area contributed by atoms with Crippen molar-refractivity contribution in [3.8, 4) is 11.4 Å². The number of Topliss-reactive ketones (excluding diaryl/α,β-unsaturated/α-hetero) is 1. The molecule has 0 saturated heterocycles. The summed E-state index contributed by atoms with van der Waals surface area (Å²) in [6.45, 7) is 0. The second-order valence-corrected chi connectivity index (χ2v) is 6.99. The minimum atomic E-state index is -0.479. The Morgan fingerprint density at radius 2 is 2.00 bits per heavy atom. The topological polar surface area (TPSA) is 116 Å². The van der Waals surface area contributed by atoms with E-state index in [1.807, 2.05) is 12.1 Å². The molecule has 0 radical (unpaired) electrons. The molecule has 144 valence electrons. The van der Waals surface area contributed by atoms with Gasteiger partial charge in [0, 0.05) is 47.8 Å². The number of nitrogens with one attached hydrogen (secondary N) is 1. The fourth-order valence-electron chi connectivity index (χ4n) is 3.86. The predicted octanol–water partition coefficient (Wildman–Crippen LogP) is 3.27. The Morgan fingerprint density at radius 3 is 2.72 bits per heavy atom. The number of aromatic nitrogens is 4. The minimum Gasteiger partial charge on any atom is -0.328 e. The molecule has 0 saturated carbocycles. The highest BCUT2D eigenvalue weighted by atomic mass is 16.6. The van der Waals surface area contributed by atoms with Crippen molar-refractivity contribution >= 4 is 17.4 Å². The number of fused-ring (bicyclic) bond motifs is 1. The number of pyridine rings is 1. The molecule has 1 unspecified atom stereocenters. The molecule has 1 atom stereocenters. The van der Waals surface area contributed by atoms with Crippen molar-refractivity contribution in [3.05, 3.63) is 75.7 Å². The van der Waals surface area contributed by atoms with Gasteiger partial charge in [-0.25, -0.2) is 4.68 Å². The third-order valence-corrected chi connectivity index (χ3v) is 5.21.